The van der Waals surface area contributed by atoms with Crippen LogP contribution in [-0.4, -0.2) is 35.8 Å². The fraction of sp³-hybridized carbons (Fsp3) is 0.579. The molecule has 1 aromatic rings. The fourth-order valence-corrected chi connectivity index (χ4v) is 3.72. The van der Waals surface area contributed by atoms with Gasteiger partial charge in [-0.15, -0.1) is 0 Å². The van der Waals surface area contributed by atoms with E-state index in [-0.39, 0.29) is 29.3 Å². The van der Waals surface area contributed by atoms with Gasteiger partial charge >= 0.3 is 6.18 Å². The molecule has 0 spiro atoms. The van der Waals surface area contributed by atoms with Crippen LogP contribution in [0.5, 0.6) is 0 Å². The Kier molecular flexibility index (Phi) is 5.53. The highest BCUT2D eigenvalue weighted by Gasteiger charge is 2.32. The Bertz CT molecular complexity index is 644. The summed E-state index contributed by atoms with van der Waals surface area (Å²) in [5.41, 5.74) is -0.525. The van der Waals surface area contributed by atoms with Gasteiger partial charge in [0.05, 0.1) is 5.56 Å². The van der Waals surface area contributed by atoms with Crippen LogP contribution in [0, 0.1) is 5.92 Å². The van der Waals surface area contributed by atoms with Gasteiger partial charge in [0.1, 0.15) is 0 Å². The maximum absolute atomic E-state index is 12.6. The first kappa shape index (κ1) is 18.7. The van der Waals surface area contributed by atoms with E-state index in [1.54, 1.807) is 4.90 Å². The summed E-state index contributed by atoms with van der Waals surface area (Å²) < 4.78 is 37.8. The van der Waals surface area contributed by atoms with Crippen LogP contribution in [0.3, 0.4) is 0 Å². The number of likely N-dealkylation sites (tertiary alicyclic amines) is 1. The van der Waals surface area contributed by atoms with E-state index in [2.05, 4.69) is 5.32 Å². The van der Waals surface area contributed by atoms with Gasteiger partial charge in [0.2, 0.25) is 5.91 Å². The van der Waals surface area contributed by atoms with Crippen molar-refractivity contribution in [3.05, 3.63) is 35.4 Å². The number of carbonyl (C=O) groups excluding carboxylic acids is 2. The minimum absolute atomic E-state index is 0.0681. The number of carbonyl (C=O) groups is 2. The van der Waals surface area contributed by atoms with Gasteiger partial charge in [0, 0.05) is 30.6 Å². The van der Waals surface area contributed by atoms with E-state index in [0.717, 1.165) is 37.8 Å². The van der Waals surface area contributed by atoms with Crippen LogP contribution in [0.25, 0.3) is 0 Å². The molecule has 1 aliphatic heterocycles. The number of amides is 2. The van der Waals surface area contributed by atoms with Crippen LogP contribution in [0.4, 0.5) is 13.2 Å². The van der Waals surface area contributed by atoms with Gasteiger partial charge in [0.25, 0.3) is 5.91 Å². The molecule has 1 saturated carbocycles. The highest BCUT2D eigenvalue weighted by Crippen LogP contribution is 2.29. The lowest BCUT2D eigenvalue weighted by Gasteiger charge is -2.32. The molecule has 0 unspecified atom stereocenters. The Labute approximate surface area is 150 Å². The van der Waals surface area contributed by atoms with Gasteiger partial charge in [0.15, 0.2) is 0 Å². The number of halogens is 3. The summed E-state index contributed by atoms with van der Waals surface area (Å²) in [6.07, 6.45) is 1.16. The van der Waals surface area contributed by atoms with Crippen molar-refractivity contribution in [2.75, 3.05) is 13.1 Å². The zero-order valence-electron chi connectivity index (χ0n) is 14.5. The lowest BCUT2D eigenvalue weighted by molar-refractivity contribution is -0.137. The van der Waals surface area contributed by atoms with Crippen LogP contribution in [-0.2, 0) is 11.0 Å². The predicted molar refractivity (Wildman–Crippen MR) is 90.5 cm³/mol. The molecule has 1 heterocycles. The fourth-order valence-electron chi connectivity index (χ4n) is 3.72. The maximum atomic E-state index is 12.6. The molecule has 0 aromatic heterocycles. The molecule has 1 N–H and O–H groups in total. The van der Waals surface area contributed by atoms with Crippen LogP contribution >= 0.6 is 0 Å². The molecule has 0 radical (unpaired) electrons. The first-order valence-corrected chi connectivity index (χ1v) is 9.11. The molecule has 2 amide bonds. The van der Waals surface area contributed by atoms with E-state index < -0.39 is 11.7 Å². The van der Waals surface area contributed by atoms with Gasteiger partial charge in [-0.3, -0.25) is 9.59 Å². The summed E-state index contributed by atoms with van der Waals surface area (Å²) in [7, 11) is 0. The molecule has 1 aromatic carbocycles. The number of benzene rings is 1. The lowest BCUT2D eigenvalue weighted by Crippen LogP contribution is -2.44. The minimum Gasteiger partial charge on any atom is -0.353 e. The average molecular weight is 368 g/mol. The first-order valence-electron chi connectivity index (χ1n) is 9.11. The number of alkyl halides is 3. The van der Waals surface area contributed by atoms with Crippen molar-refractivity contribution in [1.82, 2.24) is 10.2 Å². The van der Waals surface area contributed by atoms with Gasteiger partial charge in [-0.05, 0) is 49.9 Å². The monoisotopic (exact) mass is 368 g/mol. The highest BCUT2D eigenvalue weighted by atomic mass is 19.4. The predicted octanol–water partition coefficient (Wildman–Crippen LogP) is 3.62. The third kappa shape index (κ3) is 4.37. The molecule has 3 rings (SSSR count). The van der Waals surface area contributed by atoms with Crippen LogP contribution in [0.1, 0.15) is 54.4 Å². The maximum Gasteiger partial charge on any atom is 0.416 e. The standard InChI is InChI=1S/C19H23F3N2O2/c20-19(21,22)15-7-5-14(6-8-15)18(26)24-11-9-13(10-12-24)17(25)23-16-3-1-2-4-16/h5-8,13,16H,1-4,9-12H2,(H,23,25). The largest absolute Gasteiger partial charge is 0.416 e. The quantitative estimate of drug-likeness (QED) is 0.886. The Balaban J connectivity index is 1.52. The van der Waals surface area contributed by atoms with Crippen LogP contribution < -0.4 is 5.32 Å². The van der Waals surface area contributed by atoms with Crippen molar-refractivity contribution in [2.24, 2.45) is 5.92 Å². The number of piperidine rings is 1. The van der Waals surface area contributed by atoms with E-state index in [0.29, 0.717) is 25.9 Å². The van der Waals surface area contributed by atoms with E-state index in [1.165, 1.54) is 12.1 Å². The van der Waals surface area contributed by atoms with Crippen LogP contribution in [0.15, 0.2) is 24.3 Å². The Morgan fingerprint density at radius 2 is 1.54 bits per heavy atom. The molecule has 26 heavy (non-hydrogen) atoms. The summed E-state index contributed by atoms with van der Waals surface area (Å²) in [6.45, 7) is 0.894. The second kappa shape index (κ2) is 7.68. The number of nitrogens with one attached hydrogen (secondary N) is 1. The summed E-state index contributed by atoms with van der Waals surface area (Å²) in [5.74, 6) is -0.306. The van der Waals surface area contributed by atoms with Crippen LogP contribution in [0.2, 0.25) is 0 Å². The summed E-state index contributed by atoms with van der Waals surface area (Å²) in [5, 5.41) is 3.10. The normalized spacial score (nSPS) is 19.6. The minimum atomic E-state index is -4.41. The summed E-state index contributed by atoms with van der Waals surface area (Å²) >= 11 is 0. The number of nitrogens with zero attached hydrogens (tertiary/aromatic N) is 1. The molecule has 142 valence electrons. The molecule has 2 fully saturated rings. The number of hydrogen-bond acceptors (Lipinski definition) is 2. The average Bonchev–Trinajstić information content (AvgIpc) is 3.13. The smallest absolute Gasteiger partial charge is 0.353 e. The summed E-state index contributed by atoms with van der Waals surface area (Å²) in [6, 6.07) is 4.56. The third-order valence-electron chi connectivity index (χ3n) is 5.31. The van der Waals surface area contributed by atoms with Crippen molar-refractivity contribution in [2.45, 2.75) is 50.7 Å². The molecule has 0 atom stereocenters. The Morgan fingerprint density at radius 3 is 2.08 bits per heavy atom. The van der Waals surface area contributed by atoms with Crippen molar-refractivity contribution >= 4 is 11.8 Å². The van der Waals surface area contributed by atoms with Crippen molar-refractivity contribution in [1.29, 1.82) is 0 Å². The topological polar surface area (TPSA) is 49.4 Å². The molecule has 0 bridgehead atoms. The van der Waals surface area contributed by atoms with Gasteiger partial charge in [-0.1, -0.05) is 12.8 Å². The van der Waals surface area contributed by atoms with Gasteiger partial charge in [-0.2, -0.15) is 13.2 Å². The molecule has 1 saturated heterocycles. The molecule has 2 aliphatic rings. The van der Waals surface area contributed by atoms with Crippen molar-refractivity contribution in [3.8, 4) is 0 Å². The summed E-state index contributed by atoms with van der Waals surface area (Å²) in [4.78, 5) is 26.4. The van der Waals surface area contributed by atoms with E-state index in [4.69, 9.17) is 0 Å². The number of hydrogen-bond donors (Lipinski definition) is 1. The molecule has 7 heteroatoms. The Morgan fingerprint density at radius 1 is 0.962 bits per heavy atom. The van der Waals surface area contributed by atoms with Crippen molar-refractivity contribution in [3.63, 3.8) is 0 Å². The zero-order valence-corrected chi connectivity index (χ0v) is 14.5. The lowest BCUT2D eigenvalue weighted by atomic mass is 9.95. The molecule has 4 nitrogen and oxygen atoms in total. The van der Waals surface area contributed by atoms with E-state index >= 15 is 0 Å². The second-order valence-electron chi connectivity index (χ2n) is 7.13. The van der Waals surface area contributed by atoms with Gasteiger partial charge < -0.3 is 10.2 Å². The molecular weight excluding hydrogens is 345 g/mol. The Hall–Kier alpha value is -2.05. The second-order valence-corrected chi connectivity index (χ2v) is 7.13. The zero-order chi connectivity index (χ0) is 18.7. The SMILES string of the molecule is O=C(NC1CCCC1)C1CCN(C(=O)c2ccc(C(F)(F)F)cc2)CC1. The van der Waals surface area contributed by atoms with Gasteiger partial charge in [-0.25, -0.2) is 0 Å². The van der Waals surface area contributed by atoms with E-state index in [1.807, 2.05) is 0 Å². The third-order valence-corrected chi connectivity index (χ3v) is 5.31. The molecule has 1 aliphatic carbocycles. The number of rotatable bonds is 3. The molecular formula is C19H23F3N2O2. The van der Waals surface area contributed by atoms with Crippen molar-refractivity contribution < 1.29 is 22.8 Å². The van der Waals surface area contributed by atoms with E-state index in [9.17, 15) is 22.8 Å². The highest BCUT2D eigenvalue weighted by molar-refractivity contribution is 5.94. The first-order chi connectivity index (χ1) is 12.3.